The fourth-order valence-electron chi connectivity index (χ4n) is 1.84. The Morgan fingerprint density at radius 3 is 2.52 bits per heavy atom. The fraction of sp³-hybridized carbons (Fsp3) is 0.188. The van der Waals surface area contributed by atoms with Crippen molar-refractivity contribution in [3.8, 4) is 11.5 Å². The van der Waals surface area contributed by atoms with Crippen LogP contribution in [0.5, 0.6) is 11.5 Å². The lowest BCUT2D eigenvalue weighted by Gasteiger charge is -2.10. The second-order valence-electron chi connectivity index (χ2n) is 4.32. The quantitative estimate of drug-likeness (QED) is 0.854. The lowest BCUT2D eigenvalue weighted by Crippen LogP contribution is -2.13. The van der Waals surface area contributed by atoms with E-state index >= 15 is 0 Å². The molecular formula is C16H18N2O3. The molecule has 0 radical (unpaired) electrons. The van der Waals surface area contributed by atoms with Crippen LogP contribution in [0.1, 0.15) is 10.4 Å². The van der Waals surface area contributed by atoms with Gasteiger partial charge in [-0.1, -0.05) is 12.1 Å². The van der Waals surface area contributed by atoms with Crippen LogP contribution < -0.4 is 20.5 Å². The SMILES string of the molecule is COc1ccccc1C(=O)Nc1ccc(OCCN)cc1. The second kappa shape index (κ2) is 7.31. The van der Waals surface area contributed by atoms with Crippen LogP contribution in [0.2, 0.25) is 0 Å². The maximum Gasteiger partial charge on any atom is 0.259 e. The number of anilines is 1. The molecule has 0 aromatic heterocycles. The van der Waals surface area contributed by atoms with Crippen molar-refractivity contribution in [2.75, 3.05) is 25.6 Å². The van der Waals surface area contributed by atoms with Gasteiger partial charge in [0.25, 0.3) is 5.91 Å². The molecule has 0 unspecified atom stereocenters. The number of nitrogens with two attached hydrogens (primary N) is 1. The van der Waals surface area contributed by atoms with Crippen LogP contribution in [-0.2, 0) is 0 Å². The molecule has 1 amide bonds. The first-order chi connectivity index (χ1) is 10.2. The molecule has 5 heteroatoms. The lowest BCUT2D eigenvalue weighted by molar-refractivity contribution is 0.102. The maximum absolute atomic E-state index is 12.2. The summed E-state index contributed by atoms with van der Waals surface area (Å²) in [6.07, 6.45) is 0. The molecule has 5 nitrogen and oxygen atoms in total. The summed E-state index contributed by atoms with van der Waals surface area (Å²) >= 11 is 0. The highest BCUT2D eigenvalue weighted by atomic mass is 16.5. The first kappa shape index (κ1) is 14.9. The first-order valence-corrected chi connectivity index (χ1v) is 6.62. The van der Waals surface area contributed by atoms with Gasteiger partial charge in [0.1, 0.15) is 18.1 Å². The Morgan fingerprint density at radius 2 is 1.86 bits per heavy atom. The van der Waals surface area contributed by atoms with Gasteiger partial charge in [0, 0.05) is 12.2 Å². The molecule has 21 heavy (non-hydrogen) atoms. The third kappa shape index (κ3) is 3.97. The molecular weight excluding hydrogens is 268 g/mol. The van der Waals surface area contributed by atoms with Crippen molar-refractivity contribution >= 4 is 11.6 Å². The highest BCUT2D eigenvalue weighted by molar-refractivity contribution is 6.06. The number of para-hydroxylation sites is 1. The van der Waals surface area contributed by atoms with Crippen molar-refractivity contribution in [2.24, 2.45) is 5.73 Å². The summed E-state index contributed by atoms with van der Waals surface area (Å²) in [7, 11) is 1.54. The van der Waals surface area contributed by atoms with Crippen molar-refractivity contribution in [1.29, 1.82) is 0 Å². The molecule has 110 valence electrons. The minimum absolute atomic E-state index is 0.219. The number of methoxy groups -OCH3 is 1. The summed E-state index contributed by atoms with van der Waals surface area (Å²) < 4.78 is 10.6. The predicted octanol–water partition coefficient (Wildman–Crippen LogP) is 2.29. The van der Waals surface area contributed by atoms with Gasteiger partial charge in [0.15, 0.2) is 0 Å². The Morgan fingerprint density at radius 1 is 1.14 bits per heavy atom. The fourth-order valence-corrected chi connectivity index (χ4v) is 1.84. The maximum atomic E-state index is 12.2. The van der Waals surface area contributed by atoms with Crippen LogP contribution in [0.15, 0.2) is 48.5 Å². The number of amides is 1. The molecule has 0 aliphatic rings. The number of carbonyl (C=O) groups excluding carboxylic acids is 1. The minimum Gasteiger partial charge on any atom is -0.496 e. The molecule has 0 bridgehead atoms. The van der Waals surface area contributed by atoms with Gasteiger partial charge in [0.05, 0.1) is 12.7 Å². The molecule has 0 aliphatic carbocycles. The Balaban J connectivity index is 2.05. The van der Waals surface area contributed by atoms with Gasteiger partial charge in [0.2, 0.25) is 0 Å². The van der Waals surface area contributed by atoms with E-state index in [0.29, 0.717) is 30.2 Å². The van der Waals surface area contributed by atoms with E-state index in [1.807, 2.05) is 6.07 Å². The van der Waals surface area contributed by atoms with Crippen LogP contribution in [-0.4, -0.2) is 26.2 Å². The number of ether oxygens (including phenoxy) is 2. The van der Waals surface area contributed by atoms with Crippen molar-refractivity contribution < 1.29 is 14.3 Å². The molecule has 3 N–H and O–H groups in total. The predicted molar refractivity (Wildman–Crippen MR) is 81.9 cm³/mol. The van der Waals surface area contributed by atoms with E-state index in [1.165, 1.54) is 7.11 Å². The number of rotatable bonds is 6. The monoisotopic (exact) mass is 286 g/mol. The van der Waals surface area contributed by atoms with Gasteiger partial charge in [-0.3, -0.25) is 4.79 Å². The van der Waals surface area contributed by atoms with Crippen LogP contribution in [0.3, 0.4) is 0 Å². The summed E-state index contributed by atoms with van der Waals surface area (Å²) in [6, 6.07) is 14.2. The molecule has 2 aromatic rings. The van der Waals surface area contributed by atoms with Gasteiger partial charge >= 0.3 is 0 Å². The molecule has 0 saturated carbocycles. The standard InChI is InChI=1S/C16H18N2O3/c1-20-15-5-3-2-4-14(15)16(19)18-12-6-8-13(9-7-12)21-11-10-17/h2-9H,10-11,17H2,1H3,(H,18,19). The Labute approximate surface area is 123 Å². The zero-order chi connectivity index (χ0) is 15.1. The van der Waals surface area contributed by atoms with Gasteiger partial charge in [-0.2, -0.15) is 0 Å². The number of hydrogen-bond donors (Lipinski definition) is 2. The van der Waals surface area contributed by atoms with Crippen LogP contribution >= 0.6 is 0 Å². The normalized spacial score (nSPS) is 10.0. The first-order valence-electron chi connectivity index (χ1n) is 6.62. The third-order valence-corrected chi connectivity index (χ3v) is 2.85. The van der Waals surface area contributed by atoms with Crippen molar-refractivity contribution in [3.05, 3.63) is 54.1 Å². The van der Waals surface area contributed by atoms with Gasteiger partial charge in [-0.25, -0.2) is 0 Å². The van der Waals surface area contributed by atoms with Crippen molar-refractivity contribution in [3.63, 3.8) is 0 Å². The van der Waals surface area contributed by atoms with E-state index in [4.69, 9.17) is 15.2 Å². The highest BCUT2D eigenvalue weighted by Gasteiger charge is 2.11. The summed E-state index contributed by atoms with van der Waals surface area (Å²) in [6.45, 7) is 0.930. The van der Waals surface area contributed by atoms with Gasteiger partial charge < -0.3 is 20.5 Å². The zero-order valence-corrected chi connectivity index (χ0v) is 11.8. The molecule has 0 atom stereocenters. The number of nitrogens with one attached hydrogen (secondary N) is 1. The molecule has 0 fully saturated rings. The third-order valence-electron chi connectivity index (χ3n) is 2.85. The van der Waals surface area contributed by atoms with Crippen molar-refractivity contribution in [1.82, 2.24) is 0 Å². The van der Waals surface area contributed by atoms with E-state index in [0.717, 1.165) is 5.75 Å². The van der Waals surface area contributed by atoms with Crippen LogP contribution in [0, 0.1) is 0 Å². The molecule has 0 saturated heterocycles. The Hall–Kier alpha value is -2.53. The lowest BCUT2D eigenvalue weighted by atomic mass is 10.2. The Kier molecular flexibility index (Phi) is 5.17. The van der Waals surface area contributed by atoms with E-state index in [-0.39, 0.29) is 5.91 Å². The van der Waals surface area contributed by atoms with Crippen molar-refractivity contribution in [2.45, 2.75) is 0 Å². The van der Waals surface area contributed by atoms with E-state index < -0.39 is 0 Å². The number of benzene rings is 2. The average molecular weight is 286 g/mol. The molecule has 2 aromatic carbocycles. The smallest absolute Gasteiger partial charge is 0.259 e. The Bertz CT molecular complexity index is 597. The highest BCUT2D eigenvalue weighted by Crippen LogP contribution is 2.20. The second-order valence-corrected chi connectivity index (χ2v) is 4.32. The zero-order valence-electron chi connectivity index (χ0n) is 11.8. The summed E-state index contributed by atoms with van der Waals surface area (Å²) in [4.78, 5) is 12.2. The topological polar surface area (TPSA) is 73.6 Å². The molecule has 0 aliphatic heterocycles. The van der Waals surface area contributed by atoms with E-state index in [9.17, 15) is 4.79 Å². The summed E-state index contributed by atoms with van der Waals surface area (Å²) in [5, 5.41) is 2.82. The molecule has 0 heterocycles. The largest absolute Gasteiger partial charge is 0.496 e. The summed E-state index contributed by atoms with van der Waals surface area (Å²) in [5.74, 6) is 1.04. The molecule has 0 spiro atoms. The molecule has 2 rings (SSSR count). The number of hydrogen-bond acceptors (Lipinski definition) is 4. The average Bonchev–Trinajstić information content (AvgIpc) is 2.54. The van der Waals surface area contributed by atoms with E-state index in [2.05, 4.69) is 5.32 Å². The van der Waals surface area contributed by atoms with Crippen LogP contribution in [0.25, 0.3) is 0 Å². The number of carbonyl (C=O) groups is 1. The van der Waals surface area contributed by atoms with Gasteiger partial charge in [-0.15, -0.1) is 0 Å². The van der Waals surface area contributed by atoms with Gasteiger partial charge in [-0.05, 0) is 36.4 Å². The summed E-state index contributed by atoms with van der Waals surface area (Å²) in [5.41, 5.74) is 6.55. The minimum atomic E-state index is -0.219. The van der Waals surface area contributed by atoms with E-state index in [1.54, 1.807) is 42.5 Å². The van der Waals surface area contributed by atoms with Crippen LogP contribution in [0.4, 0.5) is 5.69 Å².